The maximum atomic E-state index is 13.2. The summed E-state index contributed by atoms with van der Waals surface area (Å²) >= 11 is 0. The van der Waals surface area contributed by atoms with Crippen molar-refractivity contribution in [1.29, 1.82) is 0 Å². The molecule has 1 heterocycles. The van der Waals surface area contributed by atoms with E-state index < -0.39 is 23.9 Å². The van der Waals surface area contributed by atoms with Gasteiger partial charge < -0.3 is 15.4 Å². The Labute approximate surface area is 135 Å². The van der Waals surface area contributed by atoms with Gasteiger partial charge in [-0.1, -0.05) is 19.3 Å². The molecule has 0 radical (unpaired) electrons. The summed E-state index contributed by atoms with van der Waals surface area (Å²) in [6.45, 7) is 1.22. The molecule has 0 aromatic rings. The number of rotatable bonds is 6. The van der Waals surface area contributed by atoms with Gasteiger partial charge in [0.25, 0.3) is 0 Å². The van der Waals surface area contributed by atoms with Crippen molar-refractivity contribution in [2.45, 2.75) is 44.7 Å². The Kier molecular flexibility index (Phi) is 5.94. The molecule has 1 saturated carbocycles. The van der Waals surface area contributed by atoms with Gasteiger partial charge in [-0.05, 0) is 24.7 Å². The number of hydrogen-bond donors (Lipinski definition) is 1. The van der Waals surface area contributed by atoms with Gasteiger partial charge >= 0.3 is 6.18 Å². The standard InChI is InChI=1S/C16H27F3N2O2/c1-23-8-7-15(5-3-2-4-6-15)11-21-9-12(14(20)22)13(10-21)16(17,18)19/h12-13H,2-11H2,1H3,(H2,20,22)/t12-,13-/m1/s1. The van der Waals surface area contributed by atoms with Crippen LogP contribution < -0.4 is 5.73 Å². The van der Waals surface area contributed by atoms with Crippen molar-refractivity contribution in [3.05, 3.63) is 0 Å². The number of primary amides is 1. The van der Waals surface area contributed by atoms with Gasteiger partial charge in [-0.2, -0.15) is 13.2 Å². The fraction of sp³-hybridized carbons (Fsp3) is 0.938. The molecule has 2 rings (SSSR count). The molecule has 4 nitrogen and oxygen atoms in total. The molecule has 2 aliphatic rings. The van der Waals surface area contributed by atoms with Crippen LogP contribution in [0.3, 0.4) is 0 Å². The molecule has 2 atom stereocenters. The molecule has 0 aromatic carbocycles. The highest BCUT2D eigenvalue weighted by Gasteiger charge is 2.52. The van der Waals surface area contributed by atoms with Crippen molar-refractivity contribution in [2.24, 2.45) is 23.0 Å². The monoisotopic (exact) mass is 336 g/mol. The van der Waals surface area contributed by atoms with Gasteiger partial charge in [-0.25, -0.2) is 0 Å². The molecule has 134 valence electrons. The molecule has 2 N–H and O–H groups in total. The molecule has 1 aliphatic carbocycles. The Bertz CT molecular complexity index is 409. The Morgan fingerprint density at radius 2 is 1.91 bits per heavy atom. The van der Waals surface area contributed by atoms with E-state index in [1.165, 1.54) is 6.42 Å². The molecule has 1 amide bonds. The van der Waals surface area contributed by atoms with Crippen LogP contribution in [0.25, 0.3) is 0 Å². The topological polar surface area (TPSA) is 55.6 Å². The van der Waals surface area contributed by atoms with Gasteiger partial charge in [0.05, 0.1) is 11.8 Å². The lowest BCUT2D eigenvalue weighted by molar-refractivity contribution is -0.182. The summed E-state index contributed by atoms with van der Waals surface area (Å²) in [5.41, 5.74) is 5.22. The molecule has 1 aliphatic heterocycles. The summed E-state index contributed by atoms with van der Waals surface area (Å²) < 4.78 is 44.7. The van der Waals surface area contributed by atoms with E-state index in [9.17, 15) is 18.0 Å². The first-order valence-electron chi connectivity index (χ1n) is 8.35. The summed E-state index contributed by atoms with van der Waals surface area (Å²) in [7, 11) is 1.65. The SMILES string of the molecule is COCCC1(CN2C[C@@H](C(F)(F)F)[C@H](C(N)=O)C2)CCCCC1. The number of hydrogen-bond acceptors (Lipinski definition) is 3. The summed E-state index contributed by atoms with van der Waals surface area (Å²) in [6.07, 6.45) is 1.93. The maximum absolute atomic E-state index is 13.2. The van der Waals surface area contributed by atoms with Crippen LogP contribution in [0.2, 0.25) is 0 Å². The highest BCUT2D eigenvalue weighted by atomic mass is 19.4. The molecule has 0 unspecified atom stereocenters. The number of nitrogens with zero attached hydrogens (tertiary/aromatic N) is 1. The first kappa shape index (κ1) is 18.5. The molecule has 2 fully saturated rings. The molecular weight excluding hydrogens is 309 g/mol. The minimum absolute atomic E-state index is 0.0109. The van der Waals surface area contributed by atoms with Crippen molar-refractivity contribution in [1.82, 2.24) is 4.90 Å². The first-order chi connectivity index (χ1) is 10.8. The Morgan fingerprint density at radius 1 is 1.26 bits per heavy atom. The maximum Gasteiger partial charge on any atom is 0.393 e. The van der Waals surface area contributed by atoms with Gasteiger partial charge in [0, 0.05) is 33.4 Å². The van der Waals surface area contributed by atoms with Crippen molar-refractivity contribution >= 4 is 5.91 Å². The highest BCUT2D eigenvalue weighted by molar-refractivity contribution is 5.77. The van der Waals surface area contributed by atoms with Crippen molar-refractivity contribution in [3.63, 3.8) is 0 Å². The number of methoxy groups -OCH3 is 1. The van der Waals surface area contributed by atoms with Crippen LogP contribution in [-0.4, -0.2) is 50.3 Å². The van der Waals surface area contributed by atoms with Crippen LogP contribution in [0.4, 0.5) is 13.2 Å². The lowest BCUT2D eigenvalue weighted by Gasteiger charge is -2.40. The van der Waals surface area contributed by atoms with Crippen molar-refractivity contribution in [3.8, 4) is 0 Å². The average Bonchev–Trinajstić information content (AvgIpc) is 2.90. The fourth-order valence-electron chi connectivity index (χ4n) is 4.22. The fourth-order valence-corrected chi connectivity index (χ4v) is 4.22. The number of ether oxygens (including phenoxy) is 1. The number of amides is 1. The predicted octanol–water partition coefficient (Wildman–Crippen LogP) is 2.57. The van der Waals surface area contributed by atoms with Crippen LogP contribution in [-0.2, 0) is 9.53 Å². The minimum Gasteiger partial charge on any atom is -0.385 e. The number of likely N-dealkylation sites (tertiary alicyclic amines) is 1. The smallest absolute Gasteiger partial charge is 0.385 e. The number of nitrogens with two attached hydrogens (primary N) is 1. The van der Waals surface area contributed by atoms with E-state index in [1.54, 1.807) is 12.0 Å². The third-order valence-electron chi connectivity index (χ3n) is 5.49. The van der Waals surface area contributed by atoms with E-state index in [4.69, 9.17) is 10.5 Å². The third-order valence-corrected chi connectivity index (χ3v) is 5.49. The second-order valence-corrected chi connectivity index (χ2v) is 7.15. The van der Waals surface area contributed by atoms with E-state index in [0.29, 0.717) is 13.2 Å². The molecule has 0 aromatic heterocycles. The zero-order valence-electron chi connectivity index (χ0n) is 13.7. The summed E-state index contributed by atoms with van der Waals surface area (Å²) in [4.78, 5) is 13.2. The third kappa shape index (κ3) is 4.59. The molecule has 1 saturated heterocycles. The van der Waals surface area contributed by atoms with E-state index in [2.05, 4.69) is 0 Å². The summed E-state index contributed by atoms with van der Waals surface area (Å²) in [6, 6.07) is 0. The predicted molar refractivity (Wildman–Crippen MR) is 80.7 cm³/mol. The zero-order chi connectivity index (χ0) is 17.1. The quantitative estimate of drug-likeness (QED) is 0.811. The van der Waals surface area contributed by atoms with E-state index in [0.717, 1.165) is 32.1 Å². The number of carbonyl (C=O) groups is 1. The minimum atomic E-state index is -4.37. The lowest BCUT2D eigenvalue weighted by Crippen LogP contribution is -2.40. The van der Waals surface area contributed by atoms with Crippen LogP contribution in [0.1, 0.15) is 38.5 Å². The second-order valence-electron chi connectivity index (χ2n) is 7.15. The van der Waals surface area contributed by atoms with Crippen LogP contribution in [0, 0.1) is 17.3 Å². The number of halogens is 3. The van der Waals surface area contributed by atoms with E-state index in [1.807, 2.05) is 0 Å². The molecule has 7 heteroatoms. The lowest BCUT2D eigenvalue weighted by atomic mass is 9.71. The molecule has 23 heavy (non-hydrogen) atoms. The largest absolute Gasteiger partial charge is 0.393 e. The van der Waals surface area contributed by atoms with Gasteiger partial charge in [0.1, 0.15) is 0 Å². The molecular formula is C16H27F3N2O2. The van der Waals surface area contributed by atoms with Gasteiger partial charge in [-0.15, -0.1) is 0 Å². The van der Waals surface area contributed by atoms with Crippen LogP contribution in [0.15, 0.2) is 0 Å². The number of alkyl halides is 3. The van der Waals surface area contributed by atoms with Crippen LogP contribution in [0.5, 0.6) is 0 Å². The average molecular weight is 336 g/mol. The molecule has 0 bridgehead atoms. The normalized spacial score (nSPS) is 28.9. The second kappa shape index (κ2) is 7.38. The number of carbonyl (C=O) groups excluding carboxylic acids is 1. The zero-order valence-corrected chi connectivity index (χ0v) is 13.7. The van der Waals surface area contributed by atoms with E-state index in [-0.39, 0.29) is 18.5 Å². The van der Waals surface area contributed by atoms with Gasteiger partial charge in [0.15, 0.2) is 0 Å². The van der Waals surface area contributed by atoms with Crippen LogP contribution >= 0.6 is 0 Å². The van der Waals surface area contributed by atoms with Crippen molar-refractivity contribution in [2.75, 3.05) is 33.4 Å². The van der Waals surface area contributed by atoms with Gasteiger partial charge in [-0.3, -0.25) is 4.79 Å². The Morgan fingerprint density at radius 3 is 2.39 bits per heavy atom. The Hall–Kier alpha value is -0.820. The van der Waals surface area contributed by atoms with E-state index >= 15 is 0 Å². The molecule has 0 spiro atoms. The summed E-state index contributed by atoms with van der Waals surface area (Å²) in [5, 5.41) is 0. The first-order valence-corrected chi connectivity index (χ1v) is 8.35. The summed E-state index contributed by atoms with van der Waals surface area (Å²) in [5.74, 6) is -3.61. The van der Waals surface area contributed by atoms with Gasteiger partial charge in [0.2, 0.25) is 5.91 Å². The Balaban J connectivity index is 2.07. The van der Waals surface area contributed by atoms with Crippen molar-refractivity contribution < 1.29 is 22.7 Å². The highest BCUT2D eigenvalue weighted by Crippen LogP contribution is 2.43.